The topological polar surface area (TPSA) is 87.0 Å². The van der Waals surface area contributed by atoms with Gasteiger partial charge in [-0.2, -0.15) is 5.10 Å². The minimum atomic E-state index is -1.21. The number of carbonyl (C=O) groups excluding carboxylic acids is 2. The first-order valence-corrected chi connectivity index (χ1v) is 10.2. The highest BCUT2D eigenvalue weighted by molar-refractivity contribution is 8.01. The van der Waals surface area contributed by atoms with Gasteiger partial charge < -0.3 is 15.2 Å². The number of nitrogens with one attached hydrogen (secondary N) is 1. The first kappa shape index (κ1) is 19.3. The quantitative estimate of drug-likeness (QED) is 0.722. The Labute approximate surface area is 172 Å². The van der Waals surface area contributed by atoms with Crippen molar-refractivity contribution in [3.8, 4) is 5.69 Å². The molecule has 1 aliphatic rings. The average Bonchev–Trinajstić information content (AvgIpc) is 2.94. The first-order valence-electron chi connectivity index (χ1n) is 9.29. The van der Waals surface area contributed by atoms with E-state index in [9.17, 15) is 14.7 Å². The van der Waals surface area contributed by atoms with Gasteiger partial charge in [0.2, 0.25) is 5.91 Å². The van der Waals surface area contributed by atoms with Crippen molar-refractivity contribution >= 4 is 29.5 Å². The van der Waals surface area contributed by atoms with Gasteiger partial charge in [0.15, 0.2) is 0 Å². The molecule has 29 heavy (non-hydrogen) atoms. The number of aryl methyl sites for hydroxylation is 2. The Balaban J connectivity index is 1.86. The number of rotatable bonds is 3. The molecule has 1 aromatic heterocycles. The molecule has 1 N–H and O–H groups in total. The SMILES string of the molecule is Cc1ccc(-n2nc(C)c3c2NC(=O)[C@H](C)S[C@H]3c2ccc(C(=O)[O-])cc2)cc1. The van der Waals surface area contributed by atoms with Crippen molar-refractivity contribution in [1.82, 2.24) is 9.78 Å². The van der Waals surface area contributed by atoms with Gasteiger partial charge in [0.25, 0.3) is 0 Å². The minimum Gasteiger partial charge on any atom is -0.545 e. The Morgan fingerprint density at radius 1 is 1.10 bits per heavy atom. The lowest BCUT2D eigenvalue weighted by molar-refractivity contribution is -0.255. The summed E-state index contributed by atoms with van der Waals surface area (Å²) in [6, 6.07) is 14.6. The summed E-state index contributed by atoms with van der Waals surface area (Å²) in [5.41, 5.74) is 4.79. The third kappa shape index (κ3) is 3.53. The van der Waals surface area contributed by atoms with Crippen molar-refractivity contribution in [2.45, 2.75) is 31.3 Å². The standard InChI is InChI=1S/C22H21N3O3S/c1-12-4-10-17(11-5-12)25-20-18(13(2)24-25)19(29-14(3)21(26)23-20)15-6-8-16(9-7-15)22(27)28/h4-11,14,19H,1-3H3,(H,23,26)(H,27,28)/p-1/t14-,19-/m0/s1. The van der Waals surface area contributed by atoms with E-state index in [0.717, 1.165) is 28.1 Å². The number of anilines is 1. The fourth-order valence-electron chi connectivity index (χ4n) is 3.44. The van der Waals surface area contributed by atoms with Gasteiger partial charge in [0.05, 0.1) is 27.9 Å². The van der Waals surface area contributed by atoms with Crippen molar-refractivity contribution in [1.29, 1.82) is 0 Å². The Morgan fingerprint density at radius 3 is 2.38 bits per heavy atom. The summed E-state index contributed by atoms with van der Waals surface area (Å²) < 4.78 is 1.77. The third-order valence-corrected chi connectivity index (χ3v) is 6.45. The summed E-state index contributed by atoms with van der Waals surface area (Å²) in [5, 5.41) is 18.4. The maximum Gasteiger partial charge on any atom is 0.238 e. The minimum absolute atomic E-state index is 0.0848. The van der Waals surface area contributed by atoms with Crippen molar-refractivity contribution in [3.63, 3.8) is 0 Å². The number of nitrogens with zero attached hydrogens (tertiary/aromatic N) is 2. The van der Waals surface area contributed by atoms with E-state index in [1.165, 1.54) is 23.9 Å². The van der Waals surface area contributed by atoms with Gasteiger partial charge in [-0.3, -0.25) is 4.79 Å². The maximum absolute atomic E-state index is 12.7. The van der Waals surface area contributed by atoms with Crippen LogP contribution in [0.1, 0.15) is 44.9 Å². The molecule has 1 aliphatic heterocycles. The molecule has 2 aromatic carbocycles. The maximum atomic E-state index is 12.7. The van der Waals surface area contributed by atoms with E-state index in [1.54, 1.807) is 16.8 Å². The highest BCUT2D eigenvalue weighted by Crippen LogP contribution is 2.46. The fourth-order valence-corrected chi connectivity index (χ4v) is 4.76. The summed E-state index contributed by atoms with van der Waals surface area (Å²) >= 11 is 1.52. The molecule has 0 bridgehead atoms. The normalized spacial score (nSPS) is 18.7. The lowest BCUT2D eigenvalue weighted by atomic mass is 10.0. The lowest BCUT2D eigenvalue weighted by Gasteiger charge is -2.18. The lowest BCUT2D eigenvalue weighted by Crippen LogP contribution is -2.22. The average molecular weight is 406 g/mol. The number of hydrogen-bond acceptors (Lipinski definition) is 5. The van der Waals surface area contributed by atoms with Crippen LogP contribution in [0.4, 0.5) is 5.82 Å². The predicted molar refractivity (Wildman–Crippen MR) is 111 cm³/mol. The molecule has 0 saturated carbocycles. The number of aromatic carboxylic acids is 1. The van der Waals surface area contributed by atoms with Gasteiger partial charge in [0, 0.05) is 5.56 Å². The number of aromatic nitrogens is 2. The Morgan fingerprint density at radius 2 is 1.76 bits per heavy atom. The molecule has 2 atom stereocenters. The van der Waals surface area contributed by atoms with Gasteiger partial charge in [-0.1, -0.05) is 42.0 Å². The molecule has 6 nitrogen and oxygen atoms in total. The molecular formula is C22H20N3O3S-. The molecule has 0 spiro atoms. The van der Waals surface area contributed by atoms with E-state index in [4.69, 9.17) is 5.10 Å². The molecule has 0 unspecified atom stereocenters. The summed E-state index contributed by atoms with van der Waals surface area (Å²) in [5.74, 6) is -0.639. The van der Waals surface area contributed by atoms with Crippen LogP contribution in [0, 0.1) is 13.8 Å². The van der Waals surface area contributed by atoms with E-state index in [2.05, 4.69) is 5.32 Å². The molecule has 0 radical (unpaired) electrons. The summed E-state index contributed by atoms with van der Waals surface area (Å²) in [6.45, 7) is 5.81. The van der Waals surface area contributed by atoms with E-state index < -0.39 is 5.97 Å². The van der Waals surface area contributed by atoms with E-state index in [0.29, 0.717) is 5.82 Å². The highest BCUT2D eigenvalue weighted by Gasteiger charge is 2.34. The number of thioether (sulfide) groups is 1. The molecule has 0 saturated heterocycles. The van der Waals surface area contributed by atoms with Crippen molar-refractivity contribution < 1.29 is 14.7 Å². The molecule has 7 heteroatoms. The second-order valence-corrected chi connectivity index (χ2v) is 8.60. The largest absolute Gasteiger partial charge is 0.545 e. The van der Waals surface area contributed by atoms with E-state index in [-0.39, 0.29) is 22.0 Å². The zero-order valence-electron chi connectivity index (χ0n) is 16.3. The van der Waals surface area contributed by atoms with Crippen LogP contribution in [0.5, 0.6) is 0 Å². The molecule has 0 aliphatic carbocycles. The number of hydrogen-bond donors (Lipinski definition) is 1. The summed E-state index contributed by atoms with van der Waals surface area (Å²) in [6.07, 6.45) is 0. The van der Waals surface area contributed by atoms with Gasteiger partial charge in [0.1, 0.15) is 5.82 Å². The van der Waals surface area contributed by atoms with Crippen LogP contribution in [-0.4, -0.2) is 26.9 Å². The van der Waals surface area contributed by atoms with Crippen molar-refractivity contribution in [3.05, 3.63) is 76.5 Å². The van der Waals surface area contributed by atoms with Crippen LogP contribution in [0.2, 0.25) is 0 Å². The second kappa shape index (κ2) is 7.40. The Hall–Kier alpha value is -3.06. The van der Waals surface area contributed by atoms with Crippen LogP contribution in [-0.2, 0) is 4.79 Å². The Bertz CT molecular complexity index is 1090. The molecule has 4 rings (SSSR count). The molecular weight excluding hydrogens is 386 g/mol. The fraction of sp³-hybridized carbons (Fsp3) is 0.227. The molecule has 0 fully saturated rings. The van der Waals surface area contributed by atoms with E-state index >= 15 is 0 Å². The van der Waals surface area contributed by atoms with Crippen LogP contribution < -0.4 is 10.4 Å². The molecule has 3 aromatic rings. The number of benzene rings is 2. The second-order valence-electron chi connectivity index (χ2n) is 7.15. The van der Waals surface area contributed by atoms with Crippen LogP contribution in [0.25, 0.3) is 5.69 Å². The zero-order chi connectivity index (χ0) is 20.7. The van der Waals surface area contributed by atoms with Crippen LogP contribution in [0.15, 0.2) is 48.5 Å². The Kier molecular flexibility index (Phi) is 4.92. The van der Waals surface area contributed by atoms with Crippen LogP contribution in [0.3, 0.4) is 0 Å². The van der Waals surface area contributed by atoms with Crippen molar-refractivity contribution in [2.75, 3.05) is 5.32 Å². The van der Waals surface area contributed by atoms with Gasteiger partial charge >= 0.3 is 0 Å². The summed E-state index contributed by atoms with van der Waals surface area (Å²) in [4.78, 5) is 23.8. The zero-order valence-corrected chi connectivity index (χ0v) is 17.1. The third-order valence-electron chi connectivity index (χ3n) is 5.05. The highest BCUT2D eigenvalue weighted by atomic mass is 32.2. The monoisotopic (exact) mass is 406 g/mol. The number of carboxylic acid groups (broad SMARTS) is 1. The van der Waals surface area contributed by atoms with Crippen molar-refractivity contribution in [2.24, 2.45) is 0 Å². The number of carboxylic acids is 1. The molecule has 1 amide bonds. The van der Waals surface area contributed by atoms with E-state index in [1.807, 2.05) is 45.0 Å². The van der Waals surface area contributed by atoms with Crippen LogP contribution >= 0.6 is 11.8 Å². The molecule has 148 valence electrons. The molecule has 2 heterocycles. The summed E-state index contributed by atoms with van der Waals surface area (Å²) in [7, 11) is 0. The number of carbonyl (C=O) groups is 2. The smallest absolute Gasteiger partial charge is 0.238 e. The van der Waals surface area contributed by atoms with Gasteiger partial charge in [-0.25, -0.2) is 4.68 Å². The first-order chi connectivity index (χ1) is 13.8. The number of amides is 1. The van der Waals surface area contributed by atoms with Gasteiger partial charge in [-0.15, -0.1) is 11.8 Å². The predicted octanol–water partition coefficient (Wildman–Crippen LogP) is 3.02. The number of fused-ring (bicyclic) bond motifs is 1. The van der Waals surface area contributed by atoms with Gasteiger partial charge in [-0.05, 0) is 44.0 Å².